The molecule has 2 spiro atoms. The summed E-state index contributed by atoms with van der Waals surface area (Å²) in [4.78, 5) is 15.4. The van der Waals surface area contributed by atoms with Crippen molar-refractivity contribution in [3.8, 4) is 11.5 Å². The van der Waals surface area contributed by atoms with Crippen LogP contribution < -0.4 is 4.74 Å². The highest BCUT2D eigenvalue weighted by Crippen LogP contribution is 2.71. The number of nitrogens with zero attached hydrogens (tertiary/aromatic N) is 1. The molecule has 5 heteroatoms. The van der Waals surface area contributed by atoms with E-state index in [1.54, 1.807) is 6.07 Å². The number of rotatable bonds is 2. The maximum Gasteiger partial charge on any atom is 0.165 e. The highest BCUT2D eigenvalue weighted by Gasteiger charge is 2.77. The lowest BCUT2D eigenvalue weighted by Gasteiger charge is -2.67. The van der Waals surface area contributed by atoms with Crippen molar-refractivity contribution in [1.29, 1.82) is 0 Å². The van der Waals surface area contributed by atoms with Gasteiger partial charge in [0.2, 0.25) is 0 Å². The quantitative estimate of drug-likeness (QED) is 0.823. The summed E-state index contributed by atoms with van der Waals surface area (Å²) in [5.41, 5.74) is 0.344. The number of piperidine rings is 1. The number of carbonyl (C=O) groups is 1. The van der Waals surface area contributed by atoms with Crippen molar-refractivity contribution in [3.63, 3.8) is 0 Å². The molecule has 2 heterocycles. The van der Waals surface area contributed by atoms with Gasteiger partial charge >= 0.3 is 0 Å². The van der Waals surface area contributed by atoms with Gasteiger partial charge in [0.25, 0.3) is 0 Å². The fraction of sp³-hybridized carbons (Fsp3) is 0.696. The van der Waals surface area contributed by atoms with E-state index in [1.165, 1.54) is 18.4 Å². The van der Waals surface area contributed by atoms with Crippen LogP contribution in [0.25, 0.3) is 0 Å². The average molecular weight is 381 g/mol. The molecule has 5 nitrogen and oxygen atoms in total. The molecule has 0 aromatic heterocycles. The van der Waals surface area contributed by atoms with Crippen molar-refractivity contribution in [2.45, 2.75) is 74.5 Å². The number of Topliss-reactive ketones (excluding diaryl/α,β-unsaturated/α-hetero) is 1. The second-order valence-corrected chi connectivity index (χ2v) is 10.3. The molecule has 4 aliphatic carbocycles. The van der Waals surface area contributed by atoms with E-state index < -0.39 is 16.4 Å². The van der Waals surface area contributed by atoms with Crippen molar-refractivity contribution in [1.82, 2.24) is 4.90 Å². The molecule has 7 rings (SSSR count). The molecule has 0 amide bonds. The minimum Gasteiger partial charge on any atom is -0.504 e. The molecule has 28 heavy (non-hydrogen) atoms. The van der Waals surface area contributed by atoms with E-state index in [1.807, 2.05) is 6.07 Å². The number of fused-ring (bicyclic) bond motifs is 1. The molecule has 2 N–H and O–H groups in total. The zero-order valence-electron chi connectivity index (χ0n) is 16.1. The number of phenols is 1. The molecule has 3 saturated carbocycles. The molecule has 0 radical (unpaired) electrons. The van der Waals surface area contributed by atoms with E-state index in [2.05, 4.69) is 4.90 Å². The van der Waals surface area contributed by atoms with Crippen LogP contribution in [0, 0.1) is 11.3 Å². The number of likely N-dealkylation sites (tertiary alicyclic amines) is 1. The van der Waals surface area contributed by atoms with Crippen LogP contribution in [0.1, 0.15) is 56.1 Å². The van der Waals surface area contributed by atoms with Crippen molar-refractivity contribution in [2.75, 3.05) is 13.1 Å². The third-order valence-electron chi connectivity index (χ3n) is 9.32. The van der Waals surface area contributed by atoms with E-state index in [9.17, 15) is 15.0 Å². The molecule has 1 aromatic rings. The van der Waals surface area contributed by atoms with Gasteiger partial charge in [0.15, 0.2) is 11.5 Å². The van der Waals surface area contributed by atoms with Crippen LogP contribution in [-0.2, 0) is 16.6 Å². The molecule has 2 aliphatic heterocycles. The van der Waals surface area contributed by atoms with Crippen LogP contribution in [0.5, 0.6) is 11.5 Å². The molecule has 5 atom stereocenters. The van der Waals surface area contributed by atoms with Crippen molar-refractivity contribution in [2.24, 2.45) is 11.3 Å². The Balaban J connectivity index is 1.46. The Bertz CT molecular complexity index is 925. The van der Waals surface area contributed by atoms with Crippen LogP contribution >= 0.6 is 0 Å². The van der Waals surface area contributed by atoms with Crippen LogP contribution in [0.15, 0.2) is 12.1 Å². The number of carbonyl (C=O) groups excluding carboxylic acids is 1. The fourth-order valence-electron chi connectivity index (χ4n) is 7.70. The van der Waals surface area contributed by atoms with Gasteiger partial charge in [-0.15, -0.1) is 0 Å². The van der Waals surface area contributed by atoms with Crippen LogP contribution in [0.2, 0.25) is 0 Å². The Labute approximate surface area is 164 Å². The first-order chi connectivity index (χ1) is 13.5. The van der Waals surface area contributed by atoms with Gasteiger partial charge < -0.3 is 14.9 Å². The largest absolute Gasteiger partial charge is 0.504 e. The summed E-state index contributed by atoms with van der Waals surface area (Å²) in [6.45, 7) is 2.03. The monoisotopic (exact) mass is 381 g/mol. The summed E-state index contributed by atoms with van der Waals surface area (Å²) in [6.07, 6.45) is 6.78. The summed E-state index contributed by atoms with van der Waals surface area (Å²) in [5, 5.41) is 22.9. The summed E-state index contributed by atoms with van der Waals surface area (Å²) in [5.74, 6) is 1.79. The number of ketones is 1. The van der Waals surface area contributed by atoms with Crippen molar-refractivity contribution >= 4 is 5.78 Å². The Hall–Kier alpha value is -1.59. The van der Waals surface area contributed by atoms with Gasteiger partial charge in [-0.3, -0.25) is 9.69 Å². The lowest BCUT2D eigenvalue weighted by molar-refractivity contribution is -0.224. The van der Waals surface area contributed by atoms with Crippen LogP contribution in [0.3, 0.4) is 0 Å². The van der Waals surface area contributed by atoms with Crippen LogP contribution in [-0.4, -0.2) is 51.7 Å². The molecule has 1 saturated heterocycles. The second kappa shape index (κ2) is 4.76. The first kappa shape index (κ1) is 16.2. The predicted octanol–water partition coefficient (Wildman–Crippen LogP) is 2.31. The first-order valence-electron chi connectivity index (χ1n) is 11.0. The zero-order chi connectivity index (χ0) is 18.9. The number of phenolic OH excluding ortho intramolecular Hbond substituents is 1. The number of benzene rings is 1. The van der Waals surface area contributed by atoms with Gasteiger partial charge in [0, 0.05) is 24.6 Å². The summed E-state index contributed by atoms with van der Waals surface area (Å²) in [6, 6.07) is 3.85. The molecular weight excluding hydrogens is 354 g/mol. The molecule has 4 fully saturated rings. The molecule has 148 valence electrons. The smallest absolute Gasteiger partial charge is 0.165 e. The Morgan fingerprint density at radius 3 is 2.75 bits per heavy atom. The summed E-state index contributed by atoms with van der Waals surface area (Å²) >= 11 is 0. The summed E-state index contributed by atoms with van der Waals surface area (Å²) < 4.78 is 6.48. The van der Waals surface area contributed by atoms with Gasteiger partial charge in [0.05, 0.1) is 16.4 Å². The first-order valence-corrected chi connectivity index (χ1v) is 11.0. The highest BCUT2D eigenvalue weighted by atomic mass is 16.5. The lowest BCUT2D eigenvalue weighted by Crippen LogP contribution is -2.79. The lowest BCUT2D eigenvalue weighted by atomic mass is 9.41. The fourth-order valence-corrected chi connectivity index (χ4v) is 7.70. The summed E-state index contributed by atoms with van der Waals surface area (Å²) in [7, 11) is 0. The Kier molecular flexibility index (Phi) is 2.76. The Morgan fingerprint density at radius 2 is 2.04 bits per heavy atom. The van der Waals surface area contributed by atoms with Crippen LogP contribution in [0.4, 0.5) is 0 Å². The van der Waals surface area contributed by atoms with E-state index in [-0.39, 0.29) is 17.9 Å². The number of aromatic hydroxyl groups is 1. The van der Waals surface area contributed by atoms with Gasteiger partial charge in [-0.1, -0.05) is 6.07 Å². The SMILES string of the molecule is O=C1CC[C@]12CC[C@@]1(O)[C@H]3Cc4ccc(O)c5c4[C@@]1(CCN3CC1CC1)[C@H]2O5. The van der Waals surface area contributed by atoms with Crippen molar-refractivity contribution < 1.29 is 19.7 Å². The molecular formula is C23H27NO4. The van der Waals surface area contributed by atoms with E-state index in [4.69, 9.17) is 4.74 Å². The Morgan fingerprint density at radius 1 is 1.18 bits per heavy atom. The third-order valence-corrected chi connectivity index (χ3v) is 9.32. The zero-order valence-corrected chi connectivity index (χ0v) is 16.1. The number of ether oxygens (including phenoxy) is 1. The average Bonchev–Trinajstić information content (AvgIpc) is 3.42. The minimum absolute atomic E-state index is 0.0865. The molecule has 1 aromatic carbocycles. The van der Waals surface area contributed by atoms with Gasteiger partial charge in [-0.2, -0.15) is 0 Å². The predicted molar refractivity (Wildman–Crippen MR) is 101 cm³/mol. The number of hydrogen-bond donors (Lipinski definition) is 2. The highest BCUT2D eigenvalue weighted by molar-refractivity contribution is 5.92. The number of hydrogen-bond acceptors (Lipinski definition) is 5. The third kappa shape index (κ3) is 1.57. The van der Waals surface area contributed by atoms with E-state index >= 15 is 0 Å². The number of aliphatic hydroxyl groups is 1. The normalized spacial score (nSPS) is 45.5. The topological polar surface area (TPSA) is 70.0 Å². The molecule has 0 unspecified atom stereocenters. The van der Waals surface area contributed by atoms with E-state index in [0.717, 1.165) is 43.8 Å². The maximum atomic E-state index is 12.8. The van der Waals surface area contributed by atoms with Gasteiger partial charge in [-0.05, 0) is 69.0 Å². The molecule has 2 bridgehead atoms. The minimum atomic E-state index is -0.877. The van der Waals surface area contributed by atoms with Crippen molar-refractivity contribution in [3.05, 3.63) is 23.3 Å². The van der Waals surface area contributed by atoms with E-state index in [0.29, 0.717) is 30.8 Å². The maximum absolute atomic E-state index is 12.8. The van der Waals surface area contributed by atoms with Gasteiger partial charge in [-0.25, -0.2) is 0 Å². The molecule has 6 aliphatic rings. The second-order valence-electron chi connectivity index (χ2n) is 10.3. The standard InChI is InChI=1S/C23H27NO4/c25-15-4-3-14-11-16-23(27)8-7-21(6-5-17(21)26)20-22(23,18(14)19(15)28-20)9-10-24(16)12-13-1-2-13/h3-4,13,16,20,25,27H,1-2,5-12H2/t16-,20+,21+,22+,23-/m1/s1. The van der Waals surface area contributed by atoms with Gasteiger partial charge in [0.1, 0.15) is 11.9 Å².